The van der Waals surface area contributed by atoms with Crippen LogP contribution in [0.25, 0.3) is 0 Å². The molecule has 0 saturated heterocycles. The van der Waals surface area contributed by atoms with Crippen LogP contribution in [-0.2, 0) is 19.4 Å². The SMILES string of the molecule is CSc1nc2c(c(OCc3ccccc3)n1)CCCC2. The van der Waals surface area contributed by atoms with Crippen molar-refractivity contribution in [3.63, 3.8) is 0 Å². The summed E-state index contributed by atoms with van der Waals surface area (Å²) in [5.74, 6) is 0.780. The third-order valence-corrected chi connectivity index (χ3v) is 4.07. The second-order valence-electron chi connectivity index (χ2n) is 4.92. The van der Waals surface area contributed by atoms with Gasteiger partial charge in [0.2, 0.25) is 5.88 Å². The molecule has 3 nitrogen and oxygen atoms in total. The normalized spacial score (nSPS) is 13.8. The lowest BCUT2D eigenvalue weighted by Crippen LogP contribution is -2.11. The first-order valence-electron chi connectivity index (χ1n) is 6.97. The molecular weight excluding hydrogens is 268 g/mol. The molecule has 0 atom stereocenters. The van der Waals surface area contributed by atoms with Crippen LogP contribution in [0, 0.1) is 0 Å². The molecule has 0 amide bonds. The van der Waals surface area contributed by atoms with E-state index in [4.69, 9.17) is 4.74 Å². The van der Waals surface area contributed by atoms with E-state index in [1.807, 2.05) is 24.5 Å². The highest BCUT2D eigenvalue weighted by Gasteiger charge is 2.18. The van der Waals surface area contributed by atoms with Gasteiger partial charge < -0.3 is 4.74 Å². The molecule has 0 unspecified atom stereocenters. The predicted octanol–water partition coefficient (Wildman–Crippen LogP) is 3.66. The highest BCUT2D eigenvalue weighted by Crippen LogP contribution is 2.29. The van der Waals surface area contributed by atoms with Crippen molar-refractivity contribution < 1.29 is 4.74 Å². The van der Waals surface area contributed by atoms with E-state index in [0.717, 1.165) is 23.9 Å². The van der Waals surface area contributed by atoms with Gasteiger partial charge in [-0.3, -0.25) is 0 Å². The third-order valence-electron chi connectivity index (χ3n) is 3.53. The Balaban J connectivity index is 1.84. The lowest BCUT2D eigenvalue weighted by atomic mass is 9.97. The number of rotatable bonds is 4. The minimum absolute atomic E-state index is 0.568. The van der Waals surface area contributed by atoms with Crippen LogP contribution in [0.2, 0.25) is 0 Å². The van der Waals surface area contributed by atoms with Gasteiger partial charge in [-0.05, 0) is 37.5 Å². The minimum Gasteiger partial charge on any atom is -0.472 e. The molecule has 1 heterocycles. The highest BCUT2D eigenvalue weighted by atomic mass is 32.2. The zero-order chi connectivity index (χ0) is 13.8. The molecule has 0 saturated carbocycles. The topological polar surface area (TPSA) is 35.0 Å². The molecule has 0 spiro atoms. The Hall–Kier alpha value is -1.55. The van der Waals surface area contributed by atoms with Crippen LogP contribution in [0.1, 0.15) is 29.7 Å². The lowest BCUT2D eigenvalue weighted by Gasteiger charge is -2.18. The maximum Gasteiger partial charge on any atom is 0.221 e. The molecule has 1 aromatic heterocycles. The van der Waals surface area contributed by atoms with Gasteiger partial charge in [0.05, 0.1) is 5.69 Å². The average molecular weight is 286 g/mol. The minimum atomic E-state index is 0.568. The molecule has 1 aromatic carbocycles. The second-order valence-corrected chi connectivity index (χ2v) is 5.70. The Morgan fingerprint density at radius 2 is 1.90 bits per heavy atom. The fourth-order valence-electron chi connectivity index (χ4n) is 2.47. The Labute approximate surface area is 123 Å². The Morgan fingerprint density at radius 3 is 2.70 bits per heavy atom. The standard InChI is InChI=1S/C16H18N2OS/c1-20-16-17-14-10-6-5-9-13(14)15(18-16)19-11-12-7-3-2-4-8-12/h2-4,7-8H,5-6,9-11H2,1H3. The summed E-state index contributed by atoms with van der Waals surface area (Å²) in [6.07, 6.45) is 6.51. The number of aryl methyl sites for hydroxylation is 1. The monoisotopic (exact) mass is 286 g/mol. The molecule has 2 aromatic rings. The van der Waals surface area contributed by atoms with E-state index < -0.39 is 0 Å². The molecule has 4 heteroatoms. The van der Waals surface area contributed by atoms with Crippen molar-refractivity contribution in [1.29, 1.82) is 0 Å². The number of benzene rings is 1. The molecule has 0 bridgehead atoms. The predicted molar refractivity (Wildman–Crippen MR) is 81.2 cm³/mol. The van der Waals surface area contributed by atoms with Crippen molar-refractivity contribution in [2.75, 3.05) is 6.26 Å². The van der Waals surface area contributed by atoms with E-state index in [1.54, 1.807) is 11.8 Å². The number of nitrogens with zero attached hydrogens (tertiary/aromatic N) is 2. The summed E-state index contributed by atoms with van der Waals surface area (Å²) >= 11 is 1.58. The zero-order valence-corrected chi connectivity index (χ0v) is 12.4. The molecule has 0 aliphatic heterocycles. The first kappa shape index (κ1) is 13.4. The van der Waals surface area contributed by atoms with E-state index in [0.29, 0.717) is 6.61 Å². The van der Waals surface area contributed by atoms with Gasteiger partial charge in [-0.2, -0.15) is 4.98 Å². The van der Waals surface area contributed by atoms with Crippen molar-refractivity contribution in [3.05, 3.63) is 47.2 Å². The molecular formula is C16H18N2OS. The summed E-state index contributed by atoms with van der Waals surface area (Å²) in [7, 11) is 0. The van der Waals surface area contributed by atoms with Crippen molar-refractivity contribution in [2.45, 2.75) is 37.4 Å². The quantitative estimate of drug-likeness (QED) is 0.634. The second kappa shape index (κ2) is 6.27. The highest BCUT2D eigenvalue weighted by molar-refractivity contribution is 7.98. The van der Waals surface area contributed by atoms with Gasteiger partial charge in [-0.15, -0.1) is 0 Å². The Morgan fingerprint density at radius 1 is 1.10 bits per heavy atom. The van der Waals surface area contributed by atoms with E-state index >= 15 is 0 Å². The van der Waals surface area contributed by atoms with Gasteiger partial charge in [0.1, 0.15) is 6.61 Å². The maximum atomic E-state index is 5.97. The Bertz CT molecular complexity index is 587. The summed E-state index contributed by atoms with van der Waals surface area (Å²) in [4.78, 5) is 9.17. The maximum absolute atomic E-state index is 5.97. The van der Waals surface area contributed by atoms with Gasteiger partial charge in [0.25, 0.3) is 0 Å². The van der Waals surface area contributed by atoms with Crippen molar-refractivity contribution in [2.24, 2.45) is 0 Å². The summed E-state index contributed by atoms with van der Waals surface area (Å²) in [5.41, 5.74) is 3.56. The number of hydrogen-bond donors (Lipinski definition) is 0. The van der Waals surface area contributed by atoms with Crippen LogP contribution in [0.15, 0.2) is 35.5 Å². The number of thioether (sulfide) groups is 1. The van der Waals surface area contributed by atoms with Crippen molar-refractivity contribution in [1.82, 2.24) is 9.97 Å². The van der Waals surface area contributed by atoms with E-state index in [9.17, 15) is 0 Å². The number of ether oxygens (including phenoxy) is 1. The smallest absolute Gasteiger partial charge is 0.221 e. The fraction of sp³-hybridized carbons (Fsp3) is 0.375. The van der Waals surface area contributed by atoms with Crippen molar-refractivity contribution >= 4 is 11.8 Å². The first-order valence-corrected chi connectivity index (χ1v) is 8.20. The van der Waals surface area contributed by atoms with Crippen LogP contribution >= 0.6 is 11.8 Å². The summed E-state index contributed by atoms with van der Waals surface area (Å²) in [6, 6.07) is 10.2. The average Bonchev–Trinajstić information content (AvgIpc) is 2.53. The molecule has 20 heavy (non-hydrogen) atoms. The van der Waals surface area contributed by atoms with Crippen LogP contribution in [0.3, 0.4) is 0 Å². The van der Waals surface area contributed by atoms with Gasteiger partial charge in [0, 0.05) is 5.56 Å². The molecule has 0 radical (unpaired) electrons. The molecule has 1 aliphatic rings. The summed E-state index contributed by atoms with van der Waals surface area (Å²) in [5, 5.41) is 0.814. The van der Waals surface area contributed by atoms with Gasteiger partial charge >= 0.3 is 0 Å². The van der Waals surface area contributed by atoms with Crippen LogP contribution in [0.5, 0.6) is 5.88 Å². The summed E-state index contributed by atoms with van der Waals surface area (Å²) < 4.78 is 5.97. The number of fused-ring (bicyclic) bond motifs is 1. The fourth-order valence-corrected chi connectivity index (χ4v) is 2.85. The number of hydrogen-bond acceptors (Lipinski definition) is 4. The molecule has 104 valence electrons. The molecule has 3 rings (SSSR count). The van der Waals surface area contributed by atoms with Crippen LogP contribution < -0.4 is 4.74 Å². The van der Waals surface area contributed by atoms with Crippen molar-refractivity contribution in [3.8, 4) is 5.88 Å². The first-order chi connectivity index (χ1) is 9.86. The molecule has 0 fully saturated rings. The number of aromatic nitrogens is 2. The molecule has 0 N–H and O–H groups in total. The Kier molecular flexibility index (Phi) is 4.21. The van der Waals surface area contributed by atoms with Crippen LogP contribution in [-0.4, -0.2) is 16.2 Å². The van der Waals surface area contributed by atoms with E-state index in [2.05, 4.69) is 22.1 Å². The summed E-state index contributed by atoms with van der Waals surface area (Å²) in [6.45, 7) is 0.568. The molecule has 1 aliphatic carbocycles. The largest absolute Gasteiger partial charge is 0.472 e. The van der Waals surface area contributed by atoms with Gasteiger partial charge in [0.15, 0.2) is 5.16 Å². The lowest BCUT2D eigenvalue weighted by molar-refractivity contribution is 0.284. The van der Waals surface area contributed by atoms with Crippen LogP contribution in [0.4, 0.5) is 0 Å². The van der Waals surface area contributed by atoms with Gasteiger partial charge in [-0.25, -0.2) is 4.98 Å². The van der Waals surface area contributed by atoms with E-state index in [-0.39, 0.29) is 0 Å². The van der Waals surface area contributed by atoms with Gasteiger partial charge in [-0.1, -0.05) is 42.1 Å². The van der Waals surface area contributed by atoms with E-state index in [1.165, 1.54) is 29.7 Å². The zero-order valence-electron chi connectivity index (χ0n) is 11.6. The third kappa shape index (κ3) is 2.96.